The number of nitrogens with zero attached hydrogens (tertiary/aromatic N) is 2. The smallest absolute Gasteiger partial charge is 0.317 e. The molecule has 2 heterocycles. The maximum Gasteiger partial charge on any atom is 0.317 e. The maximum atomic E-state index is 12.4. The number of hydrogen-bond donors (Lipinski definition) is 1. The quantitative estimate of drug-likeness (QED) is 0.940. The van der Waals surface area contributed by atoms with Gasteiger partial charge in [-0.05, 0) is 35.2 Å². The summed E-state index contributed by atoms with van der Waals surface area (Å²) in [6, 6.07) is 9.43. The average molecular weight is 332 g/mol. The predicted molar refractivity (Wildman–Crippen MR) is 88.6 cm³/mol. The molecule has 0 fully saturated rings. The van der Waals surface area contributed by atoms with Crippen molar-refractivity contribution in [3.8, 4) is 5.88 Å². The summed E-state index contributed by atoms with van der Waals surface area (Å²) in [7, 11) is 1.57. The van der Waals surface area contributed by atoms with Gasteiger partial charge in [0.15, 0.2) is 0 Å². The summed E-state index contributed by atoms with van der Waals surface area (Å²) in [5.74, 6) is 0.540. The Balaban J connectivity index is 1.61. The number of aromatic nitrogens is 1. The number of benzene rings is 1. The van der Waals surface area contributed by atoms with Gasteiger partial charge < -0.3 is 15.0 Å². The molecule has 0 bridgehead atoms. The van der Waals surface area contributed by atoms with Crippen LogP contribution in [0, 0.1) is 0 Å². The summed E-state index contributed by atoms with van der Waals surface area (Å²) in [6.45, 7) is 1.69. The molecule has 0 saturated heterocycles. The fourth-order valence-corrected chi connectivity index (χ4v) is 2.99. The summed E-state index contributed by atoms with van der Waals surface area (Å²) in [5, 5.41) is 3.72. The van der Waals surface area contributed by atoms with E-state index in [9.17, 15) is 4.79 Å². The number of fused-ring (bicyclic) bond motifs is 1. The maximum absolute atomic E-state index is 12.4. The van der Waals surface area contributed by atoms with Crippen molar-refractivity contribution in [2.24, 2.45) is 0 Å². The molecule has 2 aromatic rings. The van der Waals surface area contributed by atoms with Crippen molar-refractivity contribution in [3.05, 3.63) is 58.2 Å². The van der Waals surface area contributed by atoms with Crippen LogP contribution in [0.2, 0.25) is 5.02 Å². The van der Waals surface area contributed by atoms with E-state index in [1.54, 1.807) is 18.2 Å². The number of methoxy groups -OCH3 is 1. The molecule has 2 amide bonds. The van der Waals surface area contributed by atoms with Gasteiger partial charge >= 0.3 is 6.03 Å². The third-order valence-corrected chi connectivity index (χ3v) is 4.30. The van der Waals surface area contributed by atoms with E-state index in [0.717, 1.165) is 28.1 Å². The van der Waals surface area contributed by atoms with Gasteiger partial charge in [0.25, 0.3) is 0 Å². The van der Waals surface area contributed by atoms with E-state index in [2.05, 4.69) is 10.3 Å². The van der Waals surface area contributed by atoms with Crippen LogP contribution in [0.1, 0.15) is 16.7 Å². The molecule has 0 saturated carbocycles. The summed E-state index contributed by atoms with van der Waals surface area (Å²) < 4.78 is 5.08. The zero-order chi connectivity index (χ0) is 16.2. The molecule has 1 aromatic carbocycles. The molecule has 6 heteroatoms. The van der Waals surface area contributed by atoms with Gasteiger partial charge in [-0.1, -0.05) is 23.7 Å². The Morgan fingerprint density at radius 2 is 2.30 bits per heavy atom. The lowest BCUT2D eigenvalue weighted by Crippen LogP contribution is -2.42. The summed E-state index contributed by atoms with van der Waals surface area (Å²) >= 11 is 6.20. The lowest BCUT2D eigenvalue weighted by atomic mass is 10.00. The van der Waals surface area contributed by atoms with E-state index in [-0.39, 0.29) is 6.03 Å². The van der Waals surface area contributed by atoms with E-state index in [1.165, 1.54) is 0 Å². The Hall–Kier alpha value is -2.27. The van der Waals surface area contributed by atoms with Crippen LogP contribution in [-0.2, 0) is 19.5 Å². The Labute approximate surface area is 140 Å². The number of rotatable bonds is 3. The van der Waals surface area contributed by atoms with Crippen LogP contribution < -0.4 is 10.1 Å². The topological polar surface area (TPSA) is 54.5 Å². The third kappa shape index (κ3) is 3.56. The highest BCUT2D eigenvalue weighted by Gasteiger charge is 2.21. The molecule has 0 radical (unpaired) electrons. The minimum absolute atomic E-state index is 0.0774. The van der Waals surface area contributed by atoms with Crippen molar-refractivity contribution in [1.82, 2.24) is 15.2 Å². The largest absolute Gasteiger partial charge is 0.481 e. The number of nitrogens with one attached hydrogen (secondary N) is 1. The fraction of sp³-hybridized carbons (Fsp3) is 0.294. The predicted octanol–water partition coefficient (Wildman–Crippen LogP) is 3.01. The van der Waals surface area contributed by atoms with Crippen molar-refractivity contribution in [3.63, 3.8) is 0 Å². The molecular weight excluding hydrogens is 314 g/mol. The molecule has 1 N–H and O–H groups in total. The SMILES string of the molecule is COc1cc(CNC(=O)N2CCc3c(Cl)cccc3C2)ccn1. The number of urea groups is 1. The molecule has 23 heavy (non-hydrogen) atoms. The second-order valence-electron chi connectivity index (χ2n) is 5.41. The minimum Gasteiger partial charge on any atom is -0.481 e. The second kappa shape index (κ2) is 6.87. The Kier molecular flexibility index (Phi) is 4.67. The van der Waals surface area contributed by atoms with E-state index < -0.39 is 0 Å². The van der Waals surface area contributed by atoms with E-state index in [4.69, 9.17) is 16.3 Å². The van der Waals surface area contributed by atoms with Gasteiger partial charge in [0.05, 0.1) is 7.11 Å². The first-order valence-electron chi connectivity index (χ1n) is 7.45. The second-order valence-corrected chi connectivity index (χ2v) is 5.82. The zero-order valence-corrected chi connectivity index (χ0v) is 13.6. The van der Waals surface area contributed by atoms with E-state index >= 15 is 0 Å². The molecule has 0 aliphatic carbocycles. The lowest BCUT2D eigenvalue weighted by molar-refractivity contribution is 0.192. The molecule has 1 aliphatic heterocycles. The van der Waals surface area contributed by atoms with Crippen molar-refractivity contribution >= 4 is 17.6 Å². The van der Waals surface area contributed by atoms with Gasteiger partial charge in [0.2, 0.25) is 5.88 Å². The van der Waals surface area contributed by atoms with Crippen LogP contribution in [0.5, 0.6) is 5.88 Å². The van der Waals surface area contributed by atoms with E-state index in [1.807, 2.05) is 30.3 Å². The van der Waals surface area contributed by atoms with Crippen LogP contribution >= 0.6 is 11.6 Å². The van der Waals surface area contributed by atoms with Gasteiger partial charge in [-0.3, -0.25) is 0 Å². The van der Waals surface area contributed by atoms with Crippen LogP contribution in [0.15, 0.2) is 36.5 Å². The van der Waals surface area contributed by atoms with Crippen molar-refractivity contribution < 1.29 is 9.53 Å². The minimum atomic E-state index is -0.0774. The highest BCUT2D eigenvalue weighted by Crippen LogP contribution is 2.25. The van der Waals surface area contributed by atoms with Gasteiger partial charge in [-0.2, -0.15) is 0 Å². The first kappa shape index (κ1) is 15.6. The molecule has 0 spiro atoms. The van der Waals surface area contributed by atoms with Crippen LogP contribution in [0.25, 0.3) is 0 Å². The molecule has 0 atom stereocenters. The Bertz CT molecular complexity index is 721. The number of carbonyl (C=O) groups excluding carboxylic acids is 1. The molecule has 1 aromatic heterocycles. The number of halogens is 1. The van der Waals surface area contributed by atoms with Gasteiger partial charge in [0.1, 0.15) is 0 Å². The molecule has 5 nitrogen and oxygen atoms in total. The van der Waals surface area contributed by atoms with Crippen LogP contribution in [-0.4, -0.2) is 29.6 Å². The summed E-state index contributed by atoms with van der Waals surface area (Å²) in [4.78, 5) is 18.2. The molecular formula is C17H18ClN3O2. The van der Waals surface area contributed by atoms with Crippen molar-refractivity contribution in [1.29, 1.82) is 0 Å². The highest BCUT2D eigenvalue weighted by atomic mass is 35.5. The number of pyridine rings is 1. The highest BCUT2D eigenvalue weighted by molar-refractivity contribution is 6.31. The molecule has 0 unspecified atom stereocenters. The molecule has 120 valence electrons. The Morgan fingerprint density at radius 1 is 1.43 bits per heavy atom. The van der Waals surface area contributed by atoms with E-state index in [0.29, 0.717) is 25.5 Å². The number of amides is 2. The summed E-state index contributed by atoms with van der Waals surface area (Å²) in [6.07, 6.45) is 2.45. The van der Waals surface area contributed by atoms with Crippen molar-refractivity contribution in [2.45, 2.75) is 19.5 Å². The van der Waals surface area contributed by atoms with Crippen molar-refractivity contribution in [2.75, 3.05) is 13.7 Å². The number of carbonyl (C=O) groups is 1. The normalized spacial score (nSPS) is 13.4. The standard InChI is InChI=1S/C17H18ClN3O2/c1-23-16-9-12(5-7-19-16)10-20-17(22)21-8-6-14-13(11-21)3-2-4-15(14)18/h2-5,7,9H,6,8,10-11H2,1H3,(H,20,22). The van der Waals surface area contributed by atoms with Crippen LogP contribution in [0.3, 0.4) is 0 Å². The average Bonchev–Trinajstić information content (AvgIpc) is 2.59. The third-order valence-electron chi connectivity index (χ3n) is 3.95. The molecule has 3 rings (SSSR count). The summed E-state index contributed by atoms with van der Waals surface area (Å²) in [5.41, 5.74) is 3.22. The monoisotopic (exact) mass is 331 g/mol. The Morgan fingerprint density at radius 3 is 3.13 bits per heavy atom. The number of hydrogen-bond acceptors (Lipinski definition) is 3. The lowest BCUT2D eigenvalue weighted by Gasteiger charge is -2.29. The first-order valence-corrected chi connectivity index (χ1v) is 7.83. The van der Waals surface area contributed by atoms with Gasteiger partial charge in [0, 0.05) is 36.9 Å². The first-order chi connectivity index (χ1) is 11.2. The van der Waals surface area contributed by atoms with Gasteiger partial charge in [-0.25, -0.2) is 9.78 Å². The van der Waals surface area contributed by atoms with Gasteiger partial charge in [-0.15, -0.1) is 0 Å². The van der Waals surface area contributed by atoms with Crippen LogP contribution in [0.4, 0.5) is 4.79 Å². The zero-order valence-electron chi connectivity index (χ0n) is 12.9. The fourth-order valence-electron chi connectivity index (χ4n) is 2.70. The molecule has 1 aliphatic rings. The number of ether oxygens (including phenoxy) is 1.